The van der Waals surface area contributed by atoms with Gasteiger partial charge in [0.2, 0.25) is 5.91 Å². The average molecular weight is 342 g/mol. The van der Waals surface area contributed by atoms with Crippen LogP contribution in [0, 0.1) is 5.92 Å². The van der Waals surface area contributed by atoms with Crippen LogP contribution in [0.3, 0.4) is 0 Å². The molecule has 0 fully saturated rings. The molecule has 1 N–H and O–H groups in total. The number of hydrogen-bond donors (Lipinski definition) is 1. The molecule has 24 heavy (non-hydrogen) atoms. The van der Waals surface area contributed by atoms with Crippen LogP contribution < -0.4 is 0 Å². The van der Waals surface area contributed by atoms with E-state index in [1.165, 1.54) is 0 Å². The van der Waals surface area contributed by atoms with Gasteiger partial charge >= 0.3 is 6.18 Å². The van der Waals surface area contributed by atoms with Crippen molar-refractivity contribution in [1.82, 2.24) is 5.01 Å². The highest BCUT2D eigenvalue weighted by Gasteiger charge is 2.62. The number of alkyl halides is 3. The third-order valence-corrected chi connectivity index (χ3v) is 3.94. The van der Waals surface area contributed by atoms with E-state index in [4.69, 9.17) is 0 Å². The Morgan fingerprint density at radius 1 is 1.33 bits per heavy atom. The van der Waals surface area contributed by atoms with Gasteiger partial charge in [0.25, 0.3) is 5.72 Å². The van der Waals surface area contributed by atoms with E-state index in [1.54, 1.807) is 30.3 Å². The maximum Gasteiger partial charge on any atom is 0.438 e. The number of hydrogen-bond acceptors (Lipinski definition) is 3. The number of benzene rings is 1. The van der Waals surface area contributed by atoms with Crippen molar-refractivity contribution in [1.29, 1.82) is 0 Å². The molecule has 1 atom stereocenters. The molecule has 2 rings (SSSR count). The highest BCUT2D eigenvalue weighted by atomic mass is 19.4. The molecule has 0 radical (unpaired) electrons. The molecular formula is C17H21F3N2O2. The molecule has 0 aromatic heterocycles. The van der Waals surface area contributed by atoms with Crippen LogP contribution in [0.4, 0.5) is 13.2 Å². The molecule has 1 aromatic rings. The summed E-state index contributed by atoms with van der Waals surface area (Å²) in [6, 6.07) is 8.42. The summed E-state index contributed by atoms with van der Waals surface area (Å²) in [5.74, 6) is -0.582. The molecule has 0 saturated carbocycles. The number of aliphatic hydroxyl groups is 1. The average Bonchev–Trinajstić information content (AvgIpc) is 2.84. The zero-order chi connectivity index (χ0) is 18.0. The van der Waals surface area contributed by atoms with Crippen LogP contribution in [0.5, 0.6) is 0 Å². The standard InChI is InChI=1S/C17H21F3N2O2/c1-12(2)8-9-14-11-16(24,17(18,19)20)22(21-14)15(23)10-13-6-4-3-5-7-13/h3-7,12,24H,8-11H2,1-2H3. The molecule has 132 valence electrons. The van der Waals surface area contributed by atoms with E-state index in [-0.39, 0.29) is 17.1 Å². The predicted octanol–water partition coefficient (Wildman–Crippen LogP) is 3.50. The van der Waals surface area contributed by atoms with E-state index < -0.39 is 24.2 Å². The summed E-state index contributed by atoms with van der Waals surface area (Å²) in [6.45, 7) is 3.90. The zero-order valence-electron chi connectivity index (χ0n) is 13.7. The SMILES string of the molecule is CC(C)CCC1=NN(C(=O)Cc2ccccc2)C(O)(C(F)(F)F)C1. The van der Waals surface area contributed by atoms with Crippen LogP contribution in [0.15, 0.2) is 35.4 Å². The Hall–Kier alpha value is -1.89. The molecule has 1 aliphatic rings. The van der Waals surface area contributed by atoms with Gasteiger partial charge in [-0.05, 0) is 24.3 Å². The predicted molar refractivity (Wildman–Crippen MR) is 84.1 cm³/mol. The van der Waals surface area contributed by atoms with E-state index in [0.29, 0.717) is 24.3 Å². The Labute approximate surface area is 139 Å². The van der Waals surface area contributed by atoms with Crippen molar-refractivity contribution >= 4 is 11.6 Å². The van der Waals surface area contributed by atoms with Gasteiger partial charge < -0.3 is 5.11 Å². The maximum absolute atomic E-state index is 13.3. The molecule has 7 heteroatoms. The van der Waals surface area contributed by atoms with Gasteiger partial charge in [-0.25, -0.2) is 0 Å². The molecule has 0 saturated heterocycles. The minimum absolute atomic E-state index is 0.199. The van der Waals surface area contributed by atoms with Crippen LogP contribution in [0.1, 0.15) is 38.7 Å². The normalized spacial score (nSPS) is 21.3. The Kier molecular flexibility index (Phi) is 5.32. The van der Waals surface area contributed by atoms with Crippen molar-refractivity contribution in [2.24, 2.45) is 11.0 Å². The summed E-state index contributed by atoms with van der Waals surface area (Å²) in [6.07, 6.45) is -4.94. The first-order valence-corrected chi connectivity index (χ1v) is 7.86. The van der Waals surface area contributed by atoms with Crippen molar-refractivity contribution in [2.45, 2.75) is 51.4 Å². The number of rotatable bonds is 5. The van der Waals surface area contributed by atoms with Gasteiger partial charge in [-0.2, -0.15) is 23.3 Å². The fraction of sp³-hybridized carbons (Fsp3) is 0.529. The van der Waals surface area contributed by atoms with Crippen LogP contribution in [-0.4, -0.2) is 33.6 Å². The smallest absolute Gasteiger partial charge is 0.362 e. The Morgan fingerprint density at radius 2 is 1.96 bits per heavy atom. The summed E-state index contributed by atoms with van der Waals surface area (Å²) < 4.78 is 40.0. The summed E-state index contributed by atoms with van der Waals surface area (Å²) >= 11 is 0. The van der Waals surface area contributed by atoms with E-state index in [2.05, 4.69) is 5.10 Å². The van der Waals surface area contributed by atoms with Crippen molar-refractivity contribution in [3.05, 3.63) is 35.9 Å². The van der Waals surface area contributed by atoms with Crippen LogP contribution in [0.25, 0.3) is 0 Å². The molecule has 1 heterocycles. The van der Waals surface area contributed by atoms with E-state index in [1.807, 2.05) is 13.8 Å². The Morgan fingerprint density at radius 3 is 2.50 bits per heavy atom. The second-order valence-electron chi connectivity index (χ2n) is 6.46. The summed E-state index contributed by atoms with van der Waals surface area (Å²) in [7, 11) is 0. The van der Waals surface area contributed by atoms with Crippen molar-refractivity contribution in [2.75, 3.05) is 0 Å². The topological polar surface area (TPSA) is 52.9 Å². The van der Waals surface area contributed by atoms with Gasteiger partial charge in [0.15, 0.2) is 0 Å². The second-order valence-corrected chi connectivity index (χ2v) is 6.46. The van der Waals surface area contributed by atoms with Crippen molar-refractivity contribution in [3.63, 3.8) is 0 Å². The second kappa shape index (κ2) is 6.93. The molecular weight excluding hydrogens is 321 g/mol. The largest absolute Gasteiger partial charge is 0.438 e. The van der Waals surface area contributed by atoms with E-state index >= 15 is 0 Å². The van der Waals surface area contributed by atoms with Crippen molar-refractivity contribution < 1.29 is 23.1 Å². The molecule has 0 bridgehead atoms. The first-order valence-electron chi connectivity index (χ1n) is 7.86. The Bertz CT molecular complexity index is 614. The lowest BCUT2D eigenvalue weighted by atomic mass is 9.99. The highest BCUT2D eigenvalue weighted by Crippen LogP contribution is 2.41. The fourth-order valence-corrected chi connectivity index (χ4v) is 2.54. The van der Waals surface area contributed by atoms with Crippen molar-refractivity contribution in [3.8, 4) is 0 Å². The first kappa shape index (κ1) is 18.4. The van der Waals surface area contributed by atoms with Gasteiger partial charge in [0.1, 0.15) is 0 Å². The van der Waals surface area contributed by atoms with Crippen LogP contribution in [0.2, 0.25) is 0 Å². The number of carbonyl (C=O) groups excluding carboxylic acids is 1. The number of nitrogens with zero attached hydrogens (tertiary/aromatic N) is 2. The quantitative estimate of drug-likeness (QED) is 0.890. The summed E-state index contributed by atoms with van der Waals surface area (Å²) in [4.78, 5) is 12.3. The Balaban J connectivity index is 2.22. The molecule has 0 aliphatic carbocycles. The summed E-state index contributed by atoms with van der Waals surface area (Å²) in [5, 5.41) is 14.2. The van der Waals surface area contributed by atoms with Gasteiger partial charge in [-0.1, -0.05) is 44.2 Å². The van der Waals surface area contributed by atoms with Crippen LogP contribution in [-0.2, 0) is 11.2 Å². The molecule has 1 aromatic carbocycles. The number of carbonyl (C=O) groups is 1. The van der Waals surface area contributed by atoms with E-state index in [0.717, 1.165) is 0 Å². The monoisotopic (exact) mass is 342 g/mol. The maximum atomic E-state index is 13.3. The minimum Gasteiger partial charge on any atom is -0.362 e. The molecule has 1 amide bonds. The third kappa shape index (κ3) is 3.95. The summed E-state index contributed by atoms with van der Waals surface area (Å²) in [5.41, 5.74) is -2.49. The molecule has 4 nitrogen and oxygen atoms in total. The van der Waals surface area contributed by atoms with Crippen LogP contribution >= 0.6 is 0 Å². The molecule has 0 spiro atoms. The lowest BCUT2D eigenvalue weighted by molar-refractivity contribution is -0.302. The first-order chi connectivity index (χ1) is 11.1. The van der Waals surface area contributed by atoms with Gasteiger partial charge in [0, 0.05) is 12.1 Å². The van der Waals surface area contributed by atoms with Gasteiger partial charge in [-0.15, -0.1) is 0 Å². The number of amides is 1. The fourth-order valence-electron chi connectivity index (χ4n) is 2.54. The lowest BCUT2D eigenvalue weighted by Crippen LogP contribution is -2.57. The van der Waals surface area contributed by atoms with Gasteiger partial charge in [-0.3, -0.25) is 4.79 Å². The highest BCUT2D eigenvalue weighted by molar-refractivity contribution is 5.91. The third-order valence-electron chi connectivity index (χ3n) is 3.94. The lowest BCUT2D eigenvalue weighted by Gasteiger charge is -2.32. The minimum atomic E-state index is -4.97. The molecule has 1 aliphatic heterocycles. The number of hydrazone groups is 1. The zero-order valence-corrected chi connectivity index (χ0v) is 13.7. The van der Waals surface area contributed by atoms with E-state index in [9.17, 15) is 23.1 Å². The van der Waals surface area contributed by atoms with Gasteiger partial charge in [0.05, 0.1) is 6.42 Å². The molecule has 1 unspecified atom stereocenters. The number of halogens is 3.